The first-order valence-corrected chi connectivity index (χ1v) is 5.49. The molecule has 0 saturated carbocycles. The Hall–Kier alpha value is -0.450. The van der Waals surface area contributed by atoms with Gasteiger partial charge in [-0.2, -0.15) is 0 Å². The number of thiophene rings is 1. The standard InChI is InChI=1S/C9H12N2S2/c1-11-3-2-7-6(5-11)4-8(13-7)9(10)12/h4H,2-3,5H2,1H3,(H2,10,12). The van der Waals surface area contributed by atoms with Crippen molar-refractivity contribution in [2.75, 3.05) is 13.6 Å². The summed E-state index contributed by atoms with van der Waals surface area (Å²) in [6.45, 7) is 2.18. The molecule has 0 aromatic carbocycles. The number of nitrogens with two attached hydrogens (primary N) is 1. The molecule has 70 valence electrons. The number of thiocarbonyl (C=S) groups is 1. The van der Waals surface area contributed by atoms with Gasteiger partial charge in [0.05, 0.1) is 4.88 Å². The van der Waals surface area contributed by atoms with Crippen LogP contribution in [0.25, 0.3) is 0 Å². The quantitative estimate of drug-likeness (QED) is 0.713. The van der Waals surface area contributed by atoms with Gasteiger partial charge in [-0.1, -0.05) is 12.2 Å². The van der Waals surface area contributed by atoms with Crippen LogP contribution in [0.2, 0.25) is 0 Å². The molecule has 0 bridgehead atoms. The van der Waals surface area contributed by atoms with E-state index in [-0.39, 0.29) is 0 Å². The van der Waals surface area contributed by atoms with Gasteiger partial charge < -0.3 is 10.6 Å². The highest BCUT2D eigenvalue weighted by atomic mass is 32.1. The third kappa shape index (κ3) is 1.75. The van der Waals surface area contributed by atoms with Crippen LogP contribution < -0.4 is 5.73 Å². The summed E-state index contributed by atoms with van der Waals surface area (Å²) in [5, 5.41) is 0. The highest BCUT2D eigenvalue weighted by Gasteiger charge is 2.16. The number of rotatable bonds is 1. The molecule has 4 heteroatoms. The predicted octanol–water partition coefficient (Wildman–Crippen LogP) is 1.37. The lowest BCUT2D eigenvalue weighted by molar-refractivity contribution is 0.315. The predicted molar refractivity (Wildman–Crippen MR) is 60.2 cm³/mol. The van der Waals surface area contributed by atoms with Crippen LogP contribution in [-0.2, 0) is 13.0 Å². The average molecular weight is 212 g/mol. The van der Waals surface area contributed by atoms with Crippen LogP contribution in [0, 0.1) is 0 Å². The van der Waals surface area contributed by atoms with Crippen LogP contribution >= 0.6 is 23.6 Å². The van der Waals surface area contributed by atoms with Gasteiger partial charge in [0.15, 0.2) is 0 Å². The fourth-order valence-electron chi connectivity index (χ4n) is 1.60. The van der Waals surface area contributed by atoms with Crippen molar-refractivity contribution < 1.29 is 0 Å². The Morgan fingerprint density at radius 3 is 3.15 bits per heavy atom. The van der Waals surface area contributed by atoms with Gasteiger partial charge in [-0.15, -0.1) is 11.3 Å². The van der Waals surface area contributed by atoms with Crippen LogP contribution in [0.15, 0.2) is 6.07 Å². The molecule has 2 nitrogen and oxygen atoms in total. The third-order valence-corrected chi connectivity index (χ3v) is 3.92. The maximum atomic E-state index is 5.59. The minimum Gasteiger partial charge on any atom is -0.389 e. The molecule has 0 amide bonds. The molecule has 0 spiro atoms. The number of nitrogens with zero attached hydrogens (tertiary/aromatic N) is 1. The lowest BCUT2D eigenvalue weighted by Gasteiger charge is -2.21. The van der Waals surface area contributed by atoms with Gasteiger partial charge in [-0.05, 0) is 25.1 Å². The molecule has 1 aromatic rings. The highest BCUT2D eigenvalue weighted by molar-refractivity contribution is 7.81. The monoisotopic (exact) mass is 212 g/mol. The summed E-state index contributed by atoms with van der Waals surface area (Å²) < 4.78 is 0. The molecule has 0 aliphatic carbocycles. The summed E-state index contributed by atoms with van der Waals surface area (Å²) in [4.78, 5) is 5.37. The molecule has 0 atom stereocenters. The summed E-state index contributed by atoms with van der Waals surface area (Å²) >= 11 is 6.71. The minimum absolute atomic E-state index is 0.530. The van der Waals surface area contributed by atoms with E-state index in [0.29, 0.717) is 4.99 Å². The van der Waals surface area contributed by atoms with Gasteiger partial charge in [-0.3, -0.25) is 0 Å². The van der Waals surface area contributed by atoms with Gasteiger partial charge in [0, 0.05) is 18.0 Å². The Labute approximate surface area is 87.3 Å². The molecule has 2 N–H and O–H groups in total. The van der Waals surface area contributed by atoms with E-state index in [1.807, 2.05) is 0 Å². The van der Waals surface area contributed by atoms with Gasteiger partial charge in [0.1, 0.15) is 4.99 Å². The molecule has 2 rings (SSSR count). The van der Waals surface area contributed by atoms with E-state index in [4.69, 9.17) is 18.0 Å². The summed E-state index contributed by atoms with van der Waals surface area (Å²) in [7, 11) is 2.14. The van der Waals surface area contributed by atoms with Crippen molar-refractivity contribution in [1.29, 1.82) is 0 Å². The number of hydrogen-bond donors (Lipinski definition) is 1. The molecule has 1 aliphatic heterocycles. The van der Waals surface area contributed by atoms with E-state index in [9.17, 15) is 0 Å². The molecule has 0 saturated heterocycles. The Balaban J connectivity index is 2.33. The molecular weight excluding hydrogens is 200 g/mol. The van der Waals surface area contributed by atoms with Crippen molar-refractivity contribution in [2.24, 2.45) is 5.73 Å². The van der Waals surface area contributed by atoms with Gasteiger partial charge in [-0.25, -0.2) is 0 Å². The first kappa shape index (κ1) is 9.12. The van der Waals surface area contributed by atoms with E-state index in [2.05, 4.69) is 18.0 Å². The average Bonchev–Trinajstić information content (AvgIpc) is 2.46. The Kier molecular flexibility index (Phi) is 2.36. The summed E-state index contributed by atoms with van der Waals surface area (Å²) in [6, 6.07) is 2.14. The summed E-state index contributed by atoms with van der Waals surface area (Å²) in [5.41, 5.74) is 6.99. The maximum Gasteiger partial charge on any atom is 0.114 e. The lowest BCUT2D eigenvalue weighted by Crippen LogP contribution is -2.25. The summed E-state index contributed by atoms with van der Waals surface area (Å²) in [5.74, 6) is 0. The van der Waals surface area contributed by atoms with Crippen LogP contribution in [0.3, 0.4) is 0 Å². The second-order valence-corrected chi connectivity index (χ2v) is 4.99. The minimum atomic E-state index is 0.530. The topological polar surface area (TPSA) is 29.3 Å². The van der Waals surface area contributed by atoms with Crippen LogP contribution in [0.4, 0.5) is 0 Å². The highest BCUT2D eigenvalue weighted by Crippen LogP contribution is 2.27. The molecule has 0 radical (unpaired) electrons. The largest absolute Gasteiger partial charge is 0.389 e. The Morgan fingerprint density at radius 2 is 2.46 bits per heavy atom. The van der Waals surface area contributed by atoms with Crippen molar-refractivity contribution in [3.63, 3.8) is 0 Å². The zero-order valence-electron chi connectivity index (χ0n) is 7.54. The van der Waals surface area contributed by atoms with Crippen LogP contribution in [0.5, 0.6) is 0 Å². The second-order valence-electron chi connectivity index (χ2n) is 3.41. The molecule has 1 aliphatic rings. The normalized spacial score (nSPS) is 17.0. The van der Waals surface area contributed by atoms with Gasteiger partial charge >= 0.3 is 0 Å². The molecular formula is C9H12N2S2. The van der Waals surface area contributed by atoms with Crippen molar-refractivity contribution >= 4 is 28.5 Å². The maximum absolute atomic E-state index is 5.59. The molecule has 0 fully saturated rings. The Morgan fingerprint density at radius 1 is 1.69 bits per heavy atom. The lowest BCUT2D eigenvalue weighted by atomic mass is 10.1. The van der Waals surface area contributed by atoms with Crippen molar-refractivity contribution in [1.82, 2.24) is 4.90 Å². The number of likely N-dealkylation sites (N-methyl/N-ethyl adjacent to an activating group) is 1. The number of hydrogen-bond acceptors (Lipinski definition) is 3. The fraction of sp³-hybridized carbons (Fsp3) is 0.444. The zero-order valence-corrected chi connectivity index (χ0v) is 9.17. The van der Waals surface area contributed by atoms with E-state index in [1.54, 1.807) is 11.3 Å². The summed E-state index contributed by atoms with van der Waals surface area (Å²) in [6.07, 6.45) is 1.14. The van der Waals surface area contributed by atoms with Crippen molar-refractivity contribution in [3.8, 4) is 0 Å². The first-order chi connectivity index (χ1) is 6.16. The molecule has 0 unspecified atom stereocenters. The zero-order chi connectivity index (χ0) is 9.42. The van der Waals surface area contributed by atoms with E-state index >= 15 is 0 Å². The van der Waals surface area contributed by atoms with Crippen LogP contribution in [0.1, 0.15) is 15.3 Å². The van der Waals surface area contributed by atoms with E-state index in [1.165, 1.54) is 10.4 Å². The first-order valence-electron chi connectivity index (χ1n) is 4.27. The molecule has 1 aromatic heterocycles. The van der Waals surface area contributed by atoms with Crippen LogP contribution in [-0.4, -0.2) is 23.5 Å². The number of fused-ring (bicyclic) bond motifs is 1. The SMILES string of the molecule is CN1CCc2sc(C(N)=S)cc2C1. The van der Waals surface area contributed by atoms with Gasteiger partial charge in [0.25, 0.3) is 0 Å². The third-order valence-electron chi connectivity index (χ3n) is 2.30. The van der Waals surface area contributed by atoms with Crippen molar-refractivity contribution in [3.05, 3.63) is 21.4 Å². The fourth-order valence-corrected chi connectivity index (χ4v) is 2.79. The van der Waals surface area contributed by atoms with Crippen molar-refractivity contribution in [2.45, 2.75) is 13.0 Å². The smallest absolute Gasteiger partial charge is 0.114 e. The Bertz CT molecular complexity index is 343. The second kappa shape index (κ2) is 3.36. The van der Waals surface area contributed by atoms with E-state index in [0.717, 1.165) is 24.4 Å². The van der Waals surface area contributed by atoms with Gasteiger partial charge in [0.2, 0.25) is 0 Å². The molecule has 13 heavy (non-hydrogen) atoms. The van der Waals surface area contributed by atoms with E-state index < -0.39 is 0 Å². The molecule has 2 heterocycles.